The molecule has 4 nitrogen and oxygen atoms in total. The monoisotopic (exact) mass is 282 g/mol. The highest BCUT2D eigenvalue weighted by Crippen LogP contribution is 2.29. The molecule has 1 saturated heterocycles. The van der Waals surface area contributed by atoms with E-state index in [4.69, 9.17) is 0 Å². The number of hydrogen-bond donors (Lipinski definition) is 1. The molecule has 1 aromatic rings. The van der Waals surface area contributed by atoms with Gasteiger partial charge in [0, 0.05) is 24.3 Å². The molecule has 0 saturated carbocycles. The van der Waals surface area contributed by atoms with Gasteiger partial charge < -0.3 is 10.2 Å². The standard InChI is InChI=1S/C14H22N2O2S/c1-11-10-19(17,18)9-8-16(11)14-7-5-4-6-13(14)12(2)15-3/h4-7,11-12,15H,8-10H2,1-3H3. The van der Waals surface area contributed by atoms with Gasteiger partial charge in [-0.15, -0.1) is 0 Å². The van der Waals surface area contributed by atoms with E-state index in [1.165, 1.54) is 5.56 Å². The van der Waals surface area contributed by atoms with Gasteiger partial charge in [-0.3, -0.25) is 0 Å². The Kier molecular flexibility index (Phi) is 4.16. The molecule has 1 heterocycles. The Labute approximate surface area is 115 Å². The summed E-state index contributed by atoms with van der Waals surface area (Å²) in [4.78, 5) is 2.21. The van der Waals surface area contributed by atoms with E-state index < -0.39 is 9.84 Å². The normalized spacial score (nSPS) is 24.2. The van der Waals surface area contributed by atoms with Crippen molar-refractivity contribution in [3.8, 4) is 0 Å². The third kappa shape index (κ3) is 3.09. The average Bonchev–Trinajstić information content (AvgIpc) is 2.37. The van der Waals surface area contributed by atoms with Crippen LogP contribution in [-0.2, 0) is 9.84 Å². The van der Waals surface area contributed by atoms with E-state index in [9.17, 15) is 8.42 Å². The summed E-state index contributed by atoms with van der Waals surface area (Å²) in [7, 11) is -0.933. The zero-order valence-electron chi connectivity index (χ0n) is 11.8. The van der Waals surface area contributed by atoms with Crippen LogP contribution in [0.1, 0.15) is 25.5 Å². The van der Waals surface area contributed by atoms with E-state index in [-0.39, 0.29) is 23.6 Å². The van der Waals surface area contributed by atoms with Gasteiger partial charge in [0.15, 0.2) is 9.84 Å². The largest absolute Gasteiger partial charge is 0.367 e. The van der Waals surface area contributed by atoms with E-state index >= 15 is 0 Å². The summed E-state index contributed by atoms with van der Waals surface area (Å²) in [6.07, 6.45) is 0. The third-order valence-electron chi connectivity index (χ3n) is 3.82. The summed E-state index contributed by atoms with van der Waals surface area (Å²) in [5.41, 5.74) is 2.36. The first-order chi connectivity index (χ1) is 8.94. The number of benzene rings is 1. The van der Waals surface area contributed by atoms with Crippen molar-refractivity contribution >= 4 is 15.5 Å². The van der Waals surface area contributed by atoms with Crippen LogP contribution < -0.4 is 10.2 Å². The Bertz CT molecular complexity index is 542. The summed E-state index contributed by atoms with van der Waals surface area (Å²) in [6, 6.07) is 8.50. The zero-order chi connectivity index (χ0) is 14.0. The van der Waals surface area contributed by atoms with Crippen molar-refractivity contribution in [3.63, 3.8) is 0 Å². The van der Waals surface area contributed by atoms with Crippen LogP contribution in [0.4, 0.5) is 5.69 Å². The summed E-state index contributed by atoms with van der Waals surface area (Å²) in [5, 5.41) is 3.25. The molecule has 2 atom stereocenters. The van der Waals surface area contributed by atoms with Crippen LogP contribution in [-0.4, -0.2) is 39.6 Å². The topological polar surface area (TPSA) is 49.4 Å². The second kappa shape index (κ2) is 5.51. The molecule has 5 heteroatoms. The smallest absolute Gasteiger partial charge is 0.154 e. The predicted octanol–water partition coefficient (Wildman–Crippen LogP) is 1.59. The highest BCUT2D eigenvalue weighted by molar-refractivity contribution is 7.91. The molecular weight excluding hydrogens is 260 g/mol. The number of para-hydroxylation sites is 1. The second-order valence-corrected chi connectivity index (χ2v) is 7.45. The maximum Gasteiger partial charge on any atom is 0.154 e. The maximum atomic E-state index is 11.7. The fourth-order valence-corrected chi connectivity index (χ4v) is 4.18. The van der Waals surface area contributed by atoms with Gasteiger partial charge >= 0.3 is 0 Å². The van der Waals surface area contributed by atoms with E-state index in [2.05, 4.69) is 29.3 Å². The van der Waals surface area contributed by atoms with E-state index in [1.54, 1.807) is 0 Å². The van der Waals surface area contributed by atoms with Crippen LogP contribution in [0.3, 0.4) is 0 Å². The van der Waals surface area contributed by atoms with Gasteiger partial charge in [0.2, 0.25) is 0 Å². The minimum atomic E-state index is -2.87. The van der Waals surface area contributed by atoms with Crippen LogP contribution in [0.5, 0.6) is 0 Å². The maximum absolute atomic E-state index is 11.7. The quantitative estimate of drug-likeness (QED) is 0.914. The lowest BCUT2D eigenvalue weighted by Crippen LogP contribution is -2.47. The van der Waals surface area contributed by atoms with Gasteiger partial charge in [-0.2, -0.15) is 0 Å². The van der Waals surface area contributed by atoms with Gasteiger partial charge in [0.1, 0.15) is 0 Å². The van der Waals surface area contributed by atoms with Crippen LogP contribution in [0.2, 0.25) is 0 Å². The van der Waals surface area contributed by atoms with Crippen molar-refractivity contribution < 1.29 is 8.42 Å². The average molecular weight is 282 g/mol. The molecular formula is C14H22N2O2S. The van der Waals surface area contributed by atoms with Gasteiger partial charge in [-0.1, -0.05) is 18.2 Å². The van der Waals surface area contributed by atoms with E-state index in [1.807, 2.05) is 26.1 Å². The first kappa shape index (κ1) is 14.3. The summed E-state index contributed by atoms with van der Waals surface area (Å²) in [6.45, 7) is 4.68. The zero-order valence-corrected chi connectivity index (χ0v) is 12.6. The van der Waals surface area contributed by atoms with Crippen LogP contribution in [0.15, 0.2) is 24.3 Å². The van der Waals surface area contributed by atoms with Gasteiger partial charge in [-0.25, -0.2) is 8.42 Å². The van der Waals surface area contributed by atoms with Crippen molar-refractivity contribution in [2.45, 2.75) is 25.9 Å². The minimum Gasteiger partial charge on any atom is -0.367 e. The van der Waals surface area contributed by atoms with Crippen LogP contribution in [0.25, 0.3) is 0 Å². The number of anilines is 1. The molecule has 0 aliphatic carbocycles. The highest BCUT2D eigenvalue weighted by Gasteiger charge is 2.29. The van der Waals surface area contributed by atoms with E-state index in [0.29, 0.717) is 6.54 Å². The number of nitrogens with zero attached hydrogens (tertiary/aromatic N) is 1. The van der Waals surface area contributed by atoms with Crippen molar-refractivity contribution in [2.75, 3.05) is 30.0 Å². The first-order valence-corrected chi connectivity index (χ1v) is 8.50. The molecule has 0 radical (unpaired) electrons. The lowest BCUT2D eigenvalue weighted by Gasteiger charge is -2.37. The number of sulfone groups is 1. The molecule has 2 rings (SSSR count). The van der Waals surface area contributed by atoms with Gasteiger partial charge in [-0.05, 0) is 32.5 Å². The Hall–Kier alpha value is -1.07. The lowest BCUT2D eigenvalue weighted by molar-refractivity contribution is 0.566. The lowest BCUT2D eigenvalue weighted by atomic mass is 10.0. The first-order valence-electron chi connectivity index (χ1n) is 6.68. The molecule has 1 fully saturated rings. The van der Waals surface area contributed by atoms with Crippen molar-refractivity contribution in [1.82, 2.24) is 5.32 Å². The Balaban J connectivity index is 2.32. The molecule has 106 valence electrons. The molecule has 2 unspecified atom stereocenters. The van der Waals surface area contributed by atoms with Crippen molar-refractivity contribution in [3.05, 3.63) is 29.8 Å². The van der Waals surface area contributed by atoms with Gasteiger partial charge in [0.05, 0.1) is 11.5 Å². The molecule has 0 bridgehead atoms. The van der Waals surface area contributed by atoms with Gasteiger partial charge in [0.25, 0.3) is 0 Å². The summed E-state index contributed by atoms with van der Waals surface area (Å²) in [5.74, 6) is 0.495. The molecule has 0 amide bonds. The predicted molar refractivity (Wildman–Crippen MR) is 79.4 cm³/mol. The summed E-state index contributed by atoms with van der Waals surface area (Å²) < 4.78 is 23.3. The minimum absolute atomic E-state index is 0.0314. The molecule has 19 heavy (non-hydrogen) atoms. The Morgan fingerprint density at radius 2 is 2.05 bits per heavy atom. The van der Waals surface area contributed by atoms with E-state index in [0.717, 1.165) is 5.69 Å². The highest BCUT2D eigenvalue weighted by atomic mass is 32.2. The number of rotatable bonds is 3. The third-order valence-corrected chi connectivity index (χ3v) is 5.61. The molecule has 1 aliphatic rings. The molecule has 1 N–H and O–H groups in total. The molecule has 0 spiro atoms. The molecule has 1 aliphatic heterocycles. The van der Waals surface area contributed by atoms with Crippen molar-refractivity contribution in [2.24, 2.45) is 0 Å². The molecule has 0 aromatic heterocycles. The van der Waals surface area contributed by atoms with Crippen molar-refractivity contribution in [1.29, 1.82) is 0 Å². The molecule has 1 aromatic carbocycles. The van der Waals surface area contributed by atoms with Crippen LogP contribution in [0, 0.1) is 0 Å². The summed E-state index contributed by atoms with van der Waals surface area (Å²) >= 11 is 0. The number of nitrogens with one attached hydrogen (secondary N) is 1. The Morgan fingerprint density at radius 1 is 1.37 bits per heavy atom. The SMILES string of the molecule is CNC(C)c1ccccc1N1CCS(=O)(=O)CC1C. The van der Waals surface area contributed by atoms with Crippen LogP contribution >= 0.6 is 0 Å². The second-order valence-electron chi connectivity index (χ2n) is 5.23. The fraction of sp³-hybridized carbons (Fsp3) is 0.571. The number of hydrogen-bond acceptors (Lipinski definition) is 4. The Morgan fingerprint density at radius 3 is 2.68 bits per heavy atom. The fourth-order valence-electron chi connectivity index (χ4n) is 2.63.